The summed E-state index contributed by atoms with van der Waals surface area (Å²) in [5.41, 5.74) is 2.84. The Labute approximate surface area is 139 Å². The second-order valence-corrected chi connectivity index (χ2v) is 8.17. The van der Waals surface area contributed by atoms with E-state index in [-0.39, 0.29) is 5.82 Å². The Balaban J connectivity index is 2.02. The second-order valence-electron chi connectivity index (χ2n) is 5.06. The number of nitrogens with zero attached hydrogens (tertiary/aromatic N) is 2. The quantitative estimate of drug-likeness (QED) is 0.451. The van der Waals surface area contributed by atoms with E-state index < -0.39 is 0 Å². The van der Waals surface area contributed by atoms with Gasteiger partial charge in [0, 0.05) is 25.1 Å². The number of halogens is 1. The van der Waals surface area contributed by atoms with Gasteiger partial charge in [-0.15, -0.1) is 22.7 Å². The van der Waals surface area contributed by atoms with Crippen molar-refractivity contribution in [2.24, 2.45) is 0 Å². The minimum atomic E-state index is -0.233. The van der Waals surface area contributed by atoms with Gasteiger partial charge < -0.3 is 0 Å². The van der Waals surface area contributed by atoms with Crippen molar-refractivity contribution in [1.29, 1.82) is 0 Å². The highest BCUT2D eigenvalue weighted by Crippen LogP contribution is 2.40. The molecule has 0 bridgehead atoms. The fourth-order valence-electron chi connectivity index (χ4n) is 2.48. The molecular weight excluding hydrogens is 335 g/mol. The van der Waals surface area contributed by atoms with Gasteiger partial charge in [0.15, 0.2) is 0 Å². The van der Waals surface area contributed by atoms with Crippen LogP contribution in [0.5, 0.6) is 0 Å². The lowest BCUT2D eigenvalue weighted by Gasteiger charge is -2.05. The molecule has 0 aliphatic heterocycles. The maximum atomic E-state index is 14.8. The standard InChI is InChI=1S/C16H11FN2S3/c1-8-3-5-12(20-8)10-7-11(17)14(13-6-4-9(2)21-13)16-15(10)18-22-19-16/h3-7H,1-2H3. The van der Waals surface area contributed by atoms with Gasteiger partial charge in [-0.2, -0.15) is 8.75 Å². The Morgan fingerprint density at radius 2 is 1.50 bits per heavy atom. The lowest BCUT2D eigenvalue weighted by atomic mass is 10.1. The molecule has 3 aromatic heterocycles. The van der Waals surface area contributed by atoms with Crippen LogP contribution in [0.25, 0.3) is 31.9 Å². The summed E-state index contributed by atoms with van der Waals surface area (Å²) in [5, 5.41) is 0. The first-order valence-corrected chi connectivity index (χ1v) is 9.08. The highest BCUT2D eigenvalue weighted by atomic mass is 32.1. The Morgan fingerprint density at radius 1 is 0.864 bits per heavy atom. The molecule has 0 saturated carbocycles. The van der Waals surface area contributed by atoms with Gasteiger partial charge in [-0.1, -0.05) is 0 Å². The van der Waals surface area contributed by atoms with E-state index in [2.05, 4.69) is 8.75 Å². The second kappa shape index (κ2) is 5.22. The average molecular weight is 346 g/mol. The number of aromatic nitrogens is 2. The summed E-state index contributed by atoms with van der Waals surface area (Å²) >= 11 is 4.36. The van der Waals surface area contributed by atoms with Crippen molar-refractivity contribution >= 4 is 45.4 Å². The molecule has 0 atom stereocenters. The molecule has 2 nitrogen and oxygen atoms in total. The molecule has 0 amide bonds. The Kier molecular flexibility index (Phi) is 3.32. The highest BCUT2D eigenvalue weighted by molar-refractivity contribution is 7.16. The first kappa shape index (κ1) is 14.0. The topological polar surface area (TPSA) is 25.8 Å². The Morgan fingerprint density at radius 3 is 2.14 bits per heavy atom. The van der Waals surface area contributed by atoms with Crippen molar-refractivity contribution < 1.29 is 4.39 Å². The molecule has 1 aromatic carbocycles. The molecule has 22 heavy (non-hydrogen) atoms. The number of benzene rings is 1. The van der Waals surface area contributed by atoms with Crippen LogP contribution in [0, 0.1) is 19.7 Å². The van der Waals surface area contributed by atoms with Crippen molar-refractivity contribution in [3.63, 3.8) is 0 Å². The summed E-state index contributed by atoms with van der Waals surface area (Å²) in [6.45, 7) is 4.06. The van der Waals surface area contributed by atoms with Gasteiger partial charge in [-0.3, -0.25) is 0 Å². The van der Waals surface area contributed by atoms with Gasteiger partial charge in [0.1, 0.15) is 16.9 Å². The van der Waals surface area contributed by atoms with Crippen LogP contribution in [0.4, 0.5) is 4.39 Å². The number of hydrogen-bond donors (Lipinski definition) is 0. The molecule has 3 heterocycles. The summed E-state index contributed by atoms with van der Waals surface area (Å²) in [4.78, 5) is 4.29. The summed E-state index contributed by atoms with van der Waals surface area (Å²) in [7, 11) is 0. The van der Waals surface area contributed by atoms with Crippen molar-refractivity contribution in [2.45, 2.75) is 13.8 Å². The summed E-state index contributed by atoms with van der Waals surface area (Å²) in [6.07, 6.45) is 0. The molecule has 0 radical (unpaired) electrons. The molecule has 4 rings (SSSR count). The van der Waals surface area contributed by atoms with Crippen molar-refractivity contribution in [1.82, 2.24) is 8.75 Å². The Bertz CT molecular complexity index is 981. The molecule has 0 spiro atoms. The van der Waals surface area contributed by atoms with Crippen molar-refractivity contribution in [3.8, 4) is 20.9 Å². The van der Waals surface area contributed by atoms with Gasteiger partial charge in [-0.25, -0.2) is 4.39 Å². The van der Waals surface area contributed by atoms with Crippen LogP contribution < -0.4 is 0 Å². The average Bonchev–Trinajstić information content (AvgIpc) is 3.19. The van der Waals surface area contributed by atoms with Crippen LogP contribution in [-0.4, -0.2) is 8.75 Å². The van der Waals surface area contributed by atoms with Crippen LogP contribution in [0.15, 0.2) is 30.3 Å². The molecule has 0 fully saturated rings. The van der Waals surface area contributed by atoms with Crippen molar-refractivity contribution in [3.05, 3.63) is 45.9 Å². The molecule has 6 heteroatoms. The minimum Gasteiger partial charge on any atom is -0.206 e. The molecule has 0 N–H and O–H groups in total. The Hall–Kier alpha value is -1.63. The fraction of sp³-hybridized carbons (Fsp3) is 0.125. The maximum absolute atomic E-state index is 14.8. The van der Waals surface area contributed by atoms with E-state index in [1.165, 1.54) is 4.88 Å². The fourth-order valence-corrected chi connectivity index (χ4v) is 4.85. The zero-order valence-electron chi connectivity index (χ0n) is 11.9. The predicted octanol–water partition coefficient (Wildman–Crippen LogP) is 5.90. The van der Waals surface area contributed by atoms with E-state index in [0.29, 0.717) is 11.1 Å². The molecule has 110 valence electrons. The van der Waals surface area contributed by atoms with Crippen molar-refractivity contribution in [2.75, 3.05) is 0 Å². The summed E-state index contributed by atoms with van der Waals surface area (Å²) in [6, 6.07) is 9.61. The molecular formula is C16H11FN2S3. The van der Waals surface area contributed by atoms with E-state index >= 15 is 0 Å². The summed E-state index contributed by atoms with van der Waals surface area (Å²) < 4.78 is 23.6. The van der Waals surface area contributed by atoms with Gasteiger partial charge in [-0.05, 0) is 44.2 Å². The monoisotopic (exact) mass is 346 g/mol. The van der Waals surface area contributed by atoms with E-state index in [0.717, 1.165) is 37.4 Å². The van der Waals surface area contributed by atoms with Crippen LogP contribution in [0.2, 0.25) is 0 Å². The molecule has 0 aliphatic rings. The van der Waals surface area contributed by atoms with E-state index in [1.807, 2.05) is 38.1 Å². The lowest BCUT2D eigenvalue weighted by molar-refractivity contribution is 0.633. The number of hydrogen-bond acceptors (Lipinski definition) is 5. The smallest absolute Gasteiger partial charge is 0.134 e. The zero-order valence-corrected chi connectivity index (χ0v) is 14.3. The third-order valence-electron chi connectivity index (χ3n) is 3.48. The lowest BCUT2D eigenvalue weighted by Crippen LogP contribution is -1.88. The van der Waals surface area contributed by atoms with Crippen LogP contribution in [0.3, 0.4) is 0 Å². The third kappa shape index (κ3) is 2.18. The molecule has 0 unspecified atom stereocenters. The van der Waals surface area contributed by atoms with Gasteiger partial charge in [0.05, 0.1) is 17.3 Å². The van der Waals surface area contributed by atoms with E-state index in [9.17, 15) is 4.39 Å². The zero-order chi connectivity index (χ0) is 15.3. The van der Waals surface area contributed by atoms with Gasteiger partial charge in [0.2, 0.25) is 0 Å². The minimum absolute atomic E-state index is 0.233. The largest absolute Gasteiger partial charge is 0.206 e. The summed E-state index contributed by atoms with van der Waals surface area (Å²) in [5.74, 6) is -0.233. The molecule has 4 aromatic rings. The van der Waals surface area contributed by atoms with Crippen LogP contribution in [-0.2, 0) is 0 Å². The first-order chi connectivity index (χ1) is 10.6. The first-order valence-electron chi connectivity index (χ1n) is 6.72. The predicted molar refractivity (Wildman–Crippen MR) is 93.5 cm³/mol. The third-order valence-corrected chi connectivity index (χ3v) is 6.06. The number of rotatable bonds is 2. The number of thiophene rings is 2. The normalized spacial score (nSPS) is 11.4. The highest BCUT2D eigenvalue weighted by Gasteiger charge is 2.20. The number of aryl methyl sites for hydroxylation is 2. The van der Waals surface area contributed by atoms with Gasteiger partial charge in [0.25, 0.3) is 0 Å². The van der Waals surface area contributed by atoms with E-state index in [4.69, 9.17) is 0 Å². The number of fused-ring (bicyclic) bond motifs is 1. The van der Waals surface area contributed by atoms with Crippen LogP contribution >= 0.6 is 34.4 Å². The molecule has 0 aliphatic carbocycles. The van der Waals surface area contributed by atoms with E-state index in [1.54, 1.807) is 28.7 Å². The molecule has 0 saturated heterocycles. The maximum Gasteiger partial charge on any atom is 0.134 e. The van der Waals surface area contributed by atoms with Gasteiger partial charge >= 0.3 is 0 Å². The SMILES string of the molecule is Cc1ccc(-c2cc(F)c(-c3ccc(C)s3)c3nsnc23)s1. The van der Waals surface area contributed by atoms with Crippen LogP contribution in [0.1, 0.15) is 9.75 Å².